The summed E-state index contributed by atoms with van der Waals surface area (Å²) in [5.74, 6) is 11.9. The zero-order valence-corrected chi connectivity index (χ0v) is 17.8. The first-order valence-electron chi connectivity index (χ1n) is 10.3. The molecule has 5 heteroatoms. The Morgan fingerprint density at radius 2 is 1.45 bits per heavy atom. The first-order chi connectivity index (χ1) is 14.8. The molecule has 2 aromatic rings. The maximum absolute atomic E-state index is 10.2. The highest BCUT2D eigenvalue weighted by atomic mass is 16.5. The number of fused-ring (bicyclic) bond motifs is 3. The lowest BCUT2D eigenvalue weighted by Crippen LogP contribution is -2.58. The van der Waals surface area contributed by atoms with Crippen molar-refractivity contribution in [1.29, 1.82) is 0 Å². The van der Waals surface area contributed by atoms with Crippen LogP contribution >= 0.6 is 0 Å². The molecule has 4 rings (SSSR count). The molecule has 1 saturated heterocycles. The summed E-state index contributed by atoms with van der Waals surface area (Å²) in [5, 5.41) is 39.4. The van der Waals surface area contributed by atoms with Crippen molar-refractivity contribution in [3.8, 4) is 34.8 Å². The second-order valence-electron chi connectivity index (χ2n) is 8.54. The Morgan fingerprint density at radius 1 is 0.871 bits per heavy atom. The number of aliphatic hydroxyl groups is 4. The second kappa shape index (κ2) is 8.13. The average molecular weight is 418 g/mol. The summed E-state index contributed by atoms with van der Waals surface area (Å²) in [5.41, 5.74) is 6.27. The van der Waals surface area contributed by atoms with Gasteiger partial charge in [-0.25, -0.2) is 0 Å². The first-order valence-corrected chi connectivity index (χ1v) is 10.3. The molecule has 1 fully saturated rings. The smallest absolute Gasteiger partial charge is 0.147 e. The monoisotopic (exact) mass is 418 g/mol. The van der Waals surface area contributed by atoms with Crippen molar-refractivity contribution >= 4 is 0 Å². The van der Waals surface area contributed by atoms with Crippen LogP contribution < -0.4 is 0 Å². The molecule has 5 nitrogen and oxygen atoms in total. The lowest BCUT2D eigenvalue weighted by Gasteiger charge is -2.37. The average Bonchev–Trinajstić information content (AvgIpc) is 2.98. The Morgan fingerprint density at radius 3 is 2.00 bits per heavy atom. The zero-order chi connectivity index (χ0) is 22.3. The molecule has 0 spiro atoms. The van der Waals surface area contributed by atoms with Crippen molar-refractivity contribution in [3.05, 3.63) is 58.7 Å². The van der Waals surface area contributed by atoms with E-state index in [0.29, 0.717) is 0 Å². The van der Waals surface area contributed by atoms with Gasteiger partial charge >= 0.3 is 0 Å². The number of benzene rings is 2. The van der Waals surface area contributed by atoms with E-state index in [9.17, 15) is 20.4 Å². The third kappa shape index (κ3) is 3.66. The first kappa shape index (κ1) is 21.6. The summed E-state index contributed by atoms with van der Waals surface area (Å²) in [4.78, 5) is 0. The van der Waals surface area contributed by atoms with Crippen LogP contribution in [0.25, 0.3) is 11.1 Å². The van der Waals surface area contributed by atoms with Crippen molar-refractivity contribution in [2.24, 2.45) is 0 Å². The van der Waals surface area contributed by atoms with Gasteiger partial charge in [-0.1, -0.05) is 43.7 Å². The van der Waals surface area contributed by atoms with Gasteiger partial charge < -0.3 is 25.2 Å². The molecule has 2 aliphatic rings. The summed E-state index contributed by atoms with van der Waals surface area (Å²) in [6.45, 7) is 5.71. The number of rotatable bonds is 1. The van der Waals surface area contributed by atoms with Crippen LogP contribution in [0.2, 0.25) is 0 Å². The Labute approximate surface area is 182 Å². The van der Waals surface area contributed by atoms with E-state index in [4.69, 9.17) is 4.74 Å². The summed E-state index contributed by atoms with van der Waals surface area (Å²) in [7, 11) is 0. The molecule has 160 valence electrons. The van der Waals surface area contributed by atoms with Crippen molar-refractivity contribution in [3.63, 3.8) is 0 Å². The van der Waals surface area contributed by atoms with Gasteiger partial charge in [0.2, 0.25) is 0 Å². The molecule has 0 bridgehead atoms. The topological polar surface area (TPSA) is 90.2 Å². The molecule has 1 aliphatic heterocycles. The van der Waals surface area contributed by atoms with Gasteiger partial charge in [0.05, 0.1) is 6.61 Å². The summed E-state index contributed by atoms with van der Waals surface area (Å²) < 4.78 is 5.48. The molecule has 4 N–H and O–H groups in total. The lowest BCUT2D eigenvalue weighted by molar-refractivity contribution is -0.214. The maximum atomic E-state index is 10.2. The summed E-state index contributed by atoms with van der Waals surface area (Å²) in [6, 6.07) is 12.3. The third-order valence-electron chi connectivity index (χ3n) is 6.20. The van der Waals surface area contributed by atoms with Gasteiger partial charge in [-0.15, -0.1) is 5.92 Å². The number of hydrogen-bond acceptors (Lipinski definition) is 5. The highest BCUT2D eigenvalue weighted by molar-refractivity contribution is 5.82. The van der Waals surface area contributed by atoms with Gasteiger partial charge in [0.15, 0.2) is 0 Å². The van der Waals surface area contributed by atoms with Crippen molar-refractivity contribution in [2.75, 3.05) is 6.61 Å². The second-order valence-corrected chi connectivity index (χ2v) is 8.54. The zero-order valence-electron chi connectivity index (χ0n) is 17.8. The van der Waals surface area contributed by atoms with Crippen LogP contribution in [-0.2, 0) is 10.2 Å². The van der Waals surface area contributed by atoms with E-state index in [0.717, 1.165) is 22.3 Å². The molecule has 2 aromatic carbocycles. The minimum atomic E-state index is -1.43. The fourth-order valence-corrected chi connectivity index (χ4v) is 4.41. The fourth-order valence-electron chi connectivity index (χ4n) is 4.41. The van der Waals surface area contributed by atoms with Gasteiger partial charge in [0.1, 0.15) is 30.5 Å². The van der Waals surface area contributed by atoms with E-state index in [2.05, 4.69) is 49.7 Å². The van der Waals surface area contributed by atoms with Crippen molar-refractivity contribution in [2.45, 2.75) is 56.7 Å². The quantitative estimate of drug-likeness (QED) is 0.528. The molecule has 0 radical (unpaired) electrons. The van der Waals surface area contributed by atoms with E-state index in [1.807, 2.05) is 31.2 Å². The Kier molecular flexibility index (Phi) is 5.66. The van der Waals surface area contributed by atoms with Crippen LogP contribution in [0, 0.1) is 23.7 Å². The molecule has 0 saturated carbocycles. The maximum Gasteiger partial charge on any atom is 0.147 e. The Balaban J connectivity index is 1.66. The van der Waals surface area contributed by atoms with E-state index in [1.165, 1.54) is 11.1 Å². The number of aliphatic hydroxyl groups excluding tert-OH is 4. The summed E-state index contributed by atoms with van der Waals surface area (Å²) >= 11 is 0. The van der Waals surface area contributed by atoms with Crippen molar-refractivity contribution < 1.29 is 25.2 Å². The number of hydrogen-bond donors (Lipinski definition) is 4. The molecule has 0 unspecified atom stereocenters. The van der Waals surface area contributed by atoms with Crippen LogP contribution in [0.15, 0.2) is 36.4 Å². The van der Waals surface area contributed by atoms with Crippen LogP contribution in [0.1, 0.15) is 43.0 Å². The van der Waals surface area contributed by atoms with Crippen LogP contribution in [-0.4, -0.2) is 57.6 Å². The van der Waals surface area contributed by atoms with Gasteiger partial charge in [-0.05, 0) is 53.4 Å². The molecule has 1 heterocycles. The minimum absolute atomic E-state index is 0.211. The fraction of sp³-hybridized carbons (Fsp3) is 0.385. The molecule has 0 aromatic heterocycles. The Hall–Kier alpha value is -2.64. The molecular formula is C26H26O5. The van der Waals surface area contributed by atoms with Crippen LogP contribution in [0.3, 0.4) is 0 Å². The van der Waals surface area contributed by atoms with E-state index >= 15 is 0 Å². The highest BCUT2D eigenvalue weighted by Crippen LogP contribution is 2.49. The van der Waals surface area contributed by atoms with E-state index in [-0.39, 0.29) is 5.41 Å². The standard InChI is InChI=1S/C26H26O5/c1-4-5-15-6-9-17-18-10-7-16(13-20(18)26(2,3)19(17)12-15)8-11-21-23(28)25(30)24(29)22(14-27)31-21/h6-7,9-10,12-13,21-25,27-30H,14H2,1-3H3/t21-,22-,23-,24-,25-/m1/s1. The lowest BCUT2D eigenvalue weighted by atomic mass is 9.81. The summed E-state index contributed by atoms with van der Waals surface area (Å²) in [6.07, 6.45) is -6.16. The van der Waals surface area contributed by atoms with Crippen LogP contribution in [0.5, 0.6) is 0 Å². The van der Waals surface area contributed by atoms with Gasteiger partial charge in [-0.2, -0.15) is 0 Å². The van der Waals surface area contributed by atoms with Gasteiger partial charge in [-0.3, -0.25) is 0 Å². The van der Waals surface area contributed by atoms with Crippen molar-refractivity contribution in [1.82, 2.24) is 0 Å². The Bertz CT molecular complexity index is 1130. The molecule has 0 amide bonds. The predicted molar refractivity (Wildman–Crippen MR) is 117 cm³/mol. The van der Waals surface area contributed by atoms with E-state index in [1.54, 1.807) is 0 Å². The third-order valence-corrected chi connectivity index (χ3v) is 6.20. The van der Waals surface area contributed by atoms with Crippen LogP contribution in [0.4, 0.5) is 0 Å². The van der Waals surface area contributed by atoms with Gasteiger partial charge in [0.25, 0.3) is 0 Å². The predicted octanol–water partition coefficient (Wildman–Crippen LogP) is 1.56. The van der Waals surface area contributed by atoms with Gasteiger partial charge in [0, 0.05) is 16.5 Å². The molecular weight excluding hydrogens is 392 g/mol. The molecule has 1 aliphatic carbocycles. The molecule has 5 atom stereocenters. The number of ether oxygens (including phenoxy) is 1. The highest BCUT2D eigenvalue weighted by Gasteiger charge is 2.42. The largest absolute Gasteiger partial charge is 0.394 e. The normalized spacial score (nSPS) is 27.9. The SMILES string of the molecule is CC#Cc1ccc2c(c1)C(C)(C)c1cc(C#C[C@H]3O[C@H](CO)[C@@H](O)[C@H](O)[C@@H]3O)ccc1-2. The van der Waals surface area contributed by atoms with E-state index < -0.39 is 37.1 Å². The molecule has 31 heavy (non-hydrogen) atoms. The minimum Gasteiger partial charge on any atom is -0.394 e.